The molecule has 0 bridgehead atoms. The molecule has 30 heavy (non-hydrogen) atoms. The fourth-order valence-corrected chi connectivity index (χ4v) is 2.78. The predicted octanol–water partition coefficient (Wildman–Crippen LogP) is 4.66. The van der Waals surface area contributed by atoms with E-state index in [2.05, 4.69) is 32.4 Å². The Balaban J connectivity index is -0.000000124. The predicted molar refractivity (Wildman–Crippen MR) is 130 cm³/mol. The van der Waals surface area contributed by atoms with Crippen molar-refractivity contribution in [3.8, 4) is 0 Å². The summed E-state index contributed by atoms with van der Waals surface area (Å²) < 4.78 is 4.15. The number of halogens is 1. The summed E-state index contributed by atoms with van der Waals surface area (Å²) >= 11 is 0. The molecule has 0 unspecified atom stereocenters. The van der Waals surface area contributed by atoms with Gasteiger partial charge in [0.05, 0.1) is 12.7 Å². The summed E-state index contributed by atoms with van der Waals surface area (Å²) in [4.78, 5) is 9.18. The molecule has 0 aliphatic rings. The fraction of sp³-hybridized carbons (Fsp3) is 0.920. The van der Waals surface area contributed by atoms with E-state index >= 15 is 0 Å². The molecule has 0 aromatic carbocycles. The van der Waals surface area contributed by atoms with E-state index in [-0.39, 0.29) is 46.1 Å². The van der Waals surface area contributed by atoms with Crippen LogP contribution in [-0.2, 0) is 9.53 Å². The van der Waals surface area contributed by atoms with Gasteiger partial charge in [-0.25, -0.2) is 0 Å². The first-order valence-electron chi connectivity index (χ1n) is 12.2. The van der Waals surface area contributed by atoms with E-state index in [9.17, 15) is 9.90 Å². The van der Waals surface area contributed by atoms with Gasteiger partial charge in [-0.15, -0.1) is 0 Å². The van der Waals surface area contributed by atoms with Crippen molar-refractivity contribution in [2.45, 2.75) is 143 Å². The number of rotatable bonds is 18. The quantitative estimate of drug-likeness (QED) is 0.128. The van der Waals surface area contributed by atoms with Crippen LogP contribution in [0.3, 0.4) is 0 Å². The molecule has 0 aromatic heterocycles. The van der Waals surface area contributed by atoms with Crippen LogP contribution in [0.2, 0.25) is 0 Å². The molecule has 0 fully saturated rings. The van der Waals surface area contributed by atoms with Gasteiger partial charge in [0.2, 0.25) is 0 Å². The average molecular weight is 506 g/mol. The van der Waals surface area contributed by atoms with Crippen molar-refractivity contribution in [3.63, 3.8) is 0 Å². The molecule has 0 radical (unpaired) electrons. The van der Waals surface area contributed by atoms with Crippen molar-refractivity contribution in [1.29, 1.82) is 0 Å². The van der Waals surface area contributed by atoms with Crippen LogP contribution in [-0.4, -0.2) is 47.3 Å². The molecule has 180 valence electrons. The van der Waals surface area contributed by atoms with Crippen LogP contribution in [0, 0.1) is 6.92 Å². The van der Waals surface area contributed by atoms with Crippen LogP contribution in [0.5, 0.6) is 0 Å². The number of hydrogen-bond acceptors (Lipinski definition) is 3. The minimum Gasteiger partial charge on any atom is -1.00 e. The Morgan fingerprint density at radius 3 is 1.37 bits per heavy atom. The molecular formula is C25H53BrMgO3. The third-order valence-electron chi connectivity index (χ3n) is 4.62. The Bertz CT molecular complexity index is 239. The van der Waals surface area contributed by atoms with Crippen LogP contribution >= 0.6 is 0 Å². The van der Waals surface area contributed by atoms with Crippen molar-refractivity contribution < 1.29 is 31.6 Å². The Labute approximate surface area is 216 Å². The molecule has 5 heteroatoms. The normalized spacial score (nSPS) is 9.30. The third kappa shape index (κ3) is 51.4. The van der Waals surface area contributed by atoms with E-state index in [0.29, 0.717) is 13.1 Å². The van der Waals surface area contributed by atoms with E-state index in [0.717, 1.165) is 19.3 Å². The second kappa shape index (κ2) is 43.5. The first-order chi connectivity index (χ1) is 13.6. The number of carbonyl (C=O) groups excluding carboxylic acids is 1. The van der Waals surface area contributed by atoms with Gasteiger partial charge in [-0.2, -0.15) is 6.42 Å². The van der Waals surface area contributed by atoms with E-state index < -0.39 is 0 Å². The smallest absolute Gasteiger partial charge is 1.00 e. The van der Waals surface area contributed by atoms with Gasteiger partial charge in [-0.1, -0.05) is 111 Å². The molecule has 0 atom stereocenters. The van der Waals surface area contributed by atoms with Crippen molar-refractivity contribution in [3.05, 3.63) is 6.92 Å². The number of unbranched alkanes of at least 4 members (excludes halogenated alkanes) is 12. The van der Waals surface area contributed by atoms with Gasteiger partial charge in [0.1, 0.15) is 0 Å². The van der Waals surface area contributed by atoms with Gasteiger partial charge in [0.25, 0.3) is 6.47 Å². The van der Waals surface area contributed by atoms with Gasteiger partial charge < -0.3 is 33.7 Å². The minimum atomic E-state index is -0.0248. The summed E-state index contributed by atoms with van der Waals surface area (Å²) in [5, 5.41) is 9.76. The molecule has 0 rings (SSSR count). The Morgan fingerprint density at radius 1 is 0.733 bits per heavy atom. The first kappa shape index (κ1) is 41.0. The Morgan fingerprint density at radius 2 is 1.10 bits per heavy atom. The molecule has 0 saturated carbocycles. The summed E-state index contributed by atoms with van der Waals surface area (Å²) in [6, 6.07) is 0. The molecule has 0 heterocycles. The first-order valence-corrected chi connectivity index (χ1v) is 12.2. The largest absolute Gasteiger partial charge is 2.00 e. The van der Waals surface area contributed by atoms with Gasteiger partial charge in [0.15, 0.2) is 0 Å². The van der Waals surface area contributed by atoms with Crippen molar-refractivity contribution in [1.82, 2.24) is 0 Å². The number of aliphatic hydroxyl groups is 1. The van der Waals surface area contributed by atoms with Crippen molar-refractivity contribution in [2.75, 3.05) is 6.61 Å². The summed E-state index contributed by atoms with van der Waals surface area (Å²) in [5.74, 6) is 0. The second-order valence-electron chi connectivity index (χ2n) is 7.53. The van der Waals surface area contributed by atoms with Crippen LogP contribution in [0.4, 0.5) is 0 Å². The molecule has 0 amide bonds. The van der Waals surface area contributed by atoms with Crippen molar-refractivity contribution in [2.24, 2.45) is 0 Å². The molecule has 0 spiro atoms. The molecule has 0 aliphatic heterocycles. The Kier molecular flexibility index (Phi) is 59.5. The standard InChI is InChI=1S/C15H32O.C7H15.C3H6O2.BrH.Mg/c1-3-5-7-9-11-13-15(16)14-12-10-8-6-4-2;1-3-5-7-6-4-2;1-2-5-3-4;;/h15-16H,3-14H2,1-2H3;1,3-7H2,2H3;3H,2H2,1H3;1H;/q;-1;;;+2/p-1. The summed E-state index contributed by atoms with van der Waals surface area (Å²) in [7, 11) is 0. The number of aliphatic hydroxyl groups excluding tert-OH is 1. The zero-order valence-corrected chi connectivity index (χ0v) is 23.9. The maximum Gasteiger partial charge on any atom is 2.00 e. The molecule has 1 N–H and O–H groups in total. The molecule has 0 saturated heterocycles. The van der Waals surface area contributed by atoms with Crippen LogP contribution < -0.4 is 17.0 Å². The summed E-state index contributed by atoms with van der Waals surface area (Å²) in [6.07, 6.45) is 21.6. The molecular weight excluding hydrogens is 452 g/mol. The van der Waals surface area contributed by atoms with Crippen LogP contribution in [0.15, 0.2) is 0 Å². The van der Waals surface area contributed by atoms with E-state index in [1.165, 1.54) is 89.9 Å². The van der Waals surface area contributed by atoms with Gasteiger partial charge >= 0.3 is 23.1 Å². The maximum absolute atomic E-state index is 9.76. The van der Waals surface area contributed by atoms with Crippen LogP contribution in [0.1, 0.15) is 137 Å². The van der Waals surface area contributed by atoms with Crippen LogP contribution in [0.25, 0.3) is 0 Å². The third-order valence-corrected chi connectivity index (χ3v) is 4.62. The number of hydrogen-bond donors (Lipinski definition) is 1. The van der Waals surface area contributed by atoms with E-state index in [4.69, 9.17) is 0 Å². The van der Waals surface area contributed by atoms with Gasteiger partial charge in [0, 0.05) is 0 Å². The Hall–Kier alpha value is 0.676. The van der Waals surface area contributed by atoms with Gasteiger partial charge in [-0.05, 0) is 19.8 Å². The molecule has 0 aliphatic carbocycles. The van der Waals surface area contributed by atoms with Crippen molar-refractivity contribution >= 4 is 29.5 Å². The van der Waals surface area contributed by atoms with E-state index in [1.807, 2.05) is 0 Å². The second-order valence-corrected chi connectivity index (χ2v) is 7.53. The average Bonchev–Trinajstić information content (AvgIpc) is 2.70. The topological polar surface area (TPSA) is 46.5 Å². The summed E-state index contributed by atoms with van der Waals surface area (Å²) in [6.45, 7) is 13.1. The number of carbonyl (C=O) groups is 1. The van der Waals surface area contributed by atoms with Gasteiger partial charge in [-0.3, -0.25) is 4.79 Å². The van der Waals surface area contributed by atoms with E-state index in [1.54, 1.807) is 6.92 Å². The summed E-state index contributed by atoms with van der Waals surface area (Å²) in [5.41, 5.74) is 0. The minimum absolute atomic E-state index is 0. The molecule has 3 nitrogen and oxygen atoms in total. The molecule has 0 aromatic rings. The maximum atomic E-state index is 9.76. The zero-order chi connectivity index (χ0) is 21.7. The fourth-order valence-electron chi connectivity index (χ4n) is 2.78. The number of ether oxygens (including phenoxy) is 1. The SMILES string of the molecule is CCCCCCCC(O)CCCCCCC.CCOC=O.[Br-].[CH2-]CCCCCC.[Mg+2]. The monoisotopic (exact) mass is 504 g/mol. The zero-order valence-electron chi connectivity index (χ0n) is 20.9.